The van der Waals surface area contributed by atoms with E-state index in [4.69, 9.17) is 48.5 Å². The van der Waals surface area contributed by atoms with E-state index in [9.17, 15) is 52.8 Å². The van der Waals surface area contributed by atoms with Gasteiger partial charge in [0.2, 0.25) is 23.1 Å². The highest BCUT2D eigenvalue weighted by Gasteiger charge is 2.63. The lowest BCUT2D eigenvalue weighted by Gasteiger charge is -2.18. The summed E-state index contributed by atoms with van der Waals surface area (Å²) in [6, 6.07) is 8.33. The molecule has 0 saturated heterocycles. The summed E-state index contributed by atoms with van der Waals surface area (Å²) in [5, 5.41) is 19.4. The molecule has 2 saturated carbocycles. The monoisotopic (exact) mass is 1160 g/mol. The van der Waals surface area contributed by atoms with Crippen LogP contribution >= 0.6 is 33.9 Å². The van der Waals surface area contributed by atoms with E-state index in [1.807, 2.05) is 4.72 Å². The summed E-state index contributed by atoms with van der Waals surface area (Å²) in [5.41, 5.74) is -1.52. The molecule has 0 bridgehead atoms. The molecule has 2 aliphatic carbocycles. The number of alkyl halides is 6. The van der Waals surface area contributed by atoms with E-state index in [1.165, 1.54) is 58.2 Å². The first-order chi connectivity index (χ1) is 34.2. The third kappa shape index (κ3) is 13.4. The van der Waals surface area contributed by atoms with Crippen LogP contribution in [0, 0.1) is 38.5 Å². The van der Waals surface area contributed by atoms with Crippen LogP contribution in [0.15, 0.2) is 58.6 Å². The number of pyridine rings is 2. The Balaban J connectivity index is 0.000000235. The van der Waals surface area contributed by atoms with E-state index in [2.05, 4.69) is 25.3 Å². The number of aromatic carboxylic acids is 1. The lowest BCUT2D eigenvalue weighted by molar-refractivity contribution is -0.757. The van der Waals surface area contributed by atoms with Crippen molar-refractivity contribution < 1.29 is 76.7 Å². The van der Waals surface area contributed by atoms with Gasteiger partial charge in [-0.2, -0.15) is 36.1 Å². The van der Waals surface area contributed by atoms with Crippen molar-refractivity contribution in [3.63, 3.8) is 0 Å². The van der Waals surface area contributed by atoms with Gasteiger partial charge in [-0.25, -0.2) is 45.7 Å². The summed E-state index contributed by atoms with van der Waals surface area (Å²) in [7, 11) is 2.52. The maximum Gasteiger partial charge on any atom is 0.394 e. The van der Waals surface area contributed by atoms with Crippen molar-refractivity contribution in [2.45, 2.75) is 95.8 Å². The first kappa shape index (κ1) is 59.9. The van der Waals surface area contributed by atoms with Crippen LogP contribution in [0.1, 0.15) is 89.4 Å². The molecular weight excluding hydrogens is 1110 g/mol. The standard InChI is InChI=1S/C22H24ClF3N6O4S.C15H13ClF3N3O3.C6H9ClN2O2S.CH4/c1-13-18(14(2)31(4)30(13)3)37(34,35)29-20(33)15-5-6-16(27-19(15)23)32-11-7-17(28-32)36-12-10-21(8-9-21)22(24,25)26;16-12-9(13(23)24)1-2-10(20-12)22-7-3-11(21-22)25-8-6-14(4-5-14)15(17,18)19;1-4-6(12(7,10)11)5(2)9(3)8-4;/h5-7,11H,8-10,12H2,1-4H3;1-3,7H,4-6,8H2,(H,23,24);1-3H3;1H4/p+2. The predicted octanol–water partition coefficient (Wildman–Crippen LogP) is 7.68. The van der Waals surface area contributed by atoms with Gasteiger partial charge in [-0.3, -0.25) is 4.79 Å². The molecule has 6 heterocycles. The van der Waals surface area contributed by atoms with Crippen LogP contribution in [0.2, 0.25) is 10.3 Å². The zero-order valence-corrected chi connectivity index (χ0v) is 44.1. The number of carboxylic acid groups (broad SMARTS) is 1. The average molecular weight is 1160 g/mol. The molecule has 410 valence electrons. The maximum absolute atomic E-state index is 13.0. The van der Waals surface area contributed by atoms with Gasteiger partial charge in [-0.05, 0) is 76.6 Å². The number of H-pyrrole nitrogens is 1. The van der Waals surface area contributed by atoms with E-state index in [1.54, 1.807) is 62.9 Å². The molecule has 1 amide bonds. The second-order valence-corrected chi connectivity index (χ2v) is 22.2. The fourth-order valence-corrected chi connectivity index (χ4v) is 11.2. The highest BCUT2D eigenvalue weighted by molar-refractivity contribution is 8.13. The number of ether oxygens (including phenoxy) is 2. The van der Waals surface area contributed by atoms with Crippen molar-refractivity contribution in [3.8, 4) is 23.4 Å². The second kappa shape index (κ2) is 22.3. The summed E-state index contributed by atoms with van der Waals surface area (Å²) in [6.07, 6.45) is -5.30. The van der Waals surface area contributed by atoms with Crippen LogP contribution in [0.5, 0.6) is 11.8 Å². The number of nitrogens with zero attached hydrogens (tertiary/aromatic N) is 9. The number of sulfonamides is 1. The van der Waals surface area contributed by atoms with Crippen LogP contribution in [0.4, 0.5) is 26.3 Å². The van der Waals surface area contributed by atoms with Crippen molar-refractivity contribution >= 4 is 64.8 Å². The first-order valence-electron chi connectivity index (χ1n) is 21.9. The number of halogens is 9. The van der Waals surface area contributed by atoms with Gasteiger partial charge in [0.05, 0.1) is 53.6 Å². The van der Waals surface area contributed by atoms with Crippen molar-refractivity contribution in [2.75, 3.05) is 13.2 Å². The van der Waals surface area contributed by atoms with Crippen molar-refractivity contribution in [3.05, 3.63) is 93.0 Å². The maximum atomic E-state index is 13.0. The number of hydrogen-bond acceptors (Lipinski definition) is 12. The summed E-state index contributed by atoms with van der Waals surface area (Å²) in [4.78, 5) is 31.8. The number of nitrogens with one attached hydrogen (secondary N) is 2. The van der Waals surface area contributed by atoms with Crippen LogP contribution in [-0.2, 0) is 40.2 Å². The van der Waals surface area contributed by atoms with Gasteiger partial charge in [0.1, 0.15) is 10.3 Å². The predicted molar refractivity (Wildman–Crippen MR) is 257 cm³/mol. The van der Waals surface area contributed by atoms with E-state index in [0.717, 1.165) is 0 Å². The largest absolute Gasteiger partial charge is 0.478 e. The third-order valence-corrected chi connectivity index (χ3v) is 16.3. The SMILES string of the molecule is C.Cc1[nH][n+](C)c(C)c1S(=O)(=O)Cl.Cc1c(S(=O)(=O)NC(=O)c2ccc(-n3ccc(OCCC4(C(F)(F)F)CC4)n3)nc2Cl)c(C)[n+](C)n1C.O=C(O)c1ccc(-n2ccc(OCCC3(C(F)(F)F)CC3)n2)nc1Cl. The van der Waals surface area contributed by atoms with Crippen LogP contribution < -0.4 is 23.6 Å². The molecule has 6 aromatic heterocycles. The zero-order valence-electron chi connectivity index (χ0n) is 40.2. The van der Waals surface area contributed by atoms with Gasteiger partial charge in [0.15, 0.2) is 35.5 Å². The summed E-state index contributed by atoms with van der Waals surface area (Å²) < 4.78 is 146. The number of carboxylic acids is 1. The topological polar surface area (TPSA) is 243 Å². The Kier molecular flexibility index (Phi) is 17.8. The minimum atomic E-state index is -4.25. The molecule has 0 unspecified atom stereocenters. The van der Waals surface area contributed by atoms with Gasteiger partial charge in [-0.15, -0.1) is 19.6 Å². The normalized spacial score (nSPS) is 14.6. The molecule has 75 heavy (non-hydrogen) atoms. The molecule has 6 aromatic rings. The van der Waals surface area contributed by atoms with Crippen molar-refractivity contribution in [1.82, 2.24) is 44.0 Å². The molecule has 3 N–H and O–H groups in total. The number of carbonyl (C=O) groups is 2. The molecule has 0 aromatic carbocycles. The number of aromatic nitrogens is 10. The van der Waals surface area contributed by atoms with E-state index >= 15 is 0 Å². The smallest absolute Gasteiger partial charge is 0.394 e. The van der Waals surface area contributed by atoms with Crippen LogP contribution in [0.25, 0.3) is 11.6 Å². The quantitative estimate of drug-likeness (QED) is 0.0387. The van der Waals surface area contributed by atoms with Gasteiger partial charge in [-0.1, -0.05) is 30.6 Å². The van der Waals surface area contributed by atoms with Gasteiger partial charge in [0.25, 0.3) is 25.0 Å². The highest BCUT2D eigenvalue weighted by atomic mass is 35.7. The number of aryl methyl sites for hydroxylation is 2. The van der Waals surface area contributed by atoms with Crippen molar-refractivity contribution in [1.29, 1.82) is 0 Å². The number of carbonyl (C=O) groups excluding carboxylic acids is 1. The highest BCUT2D eigenvalue weighted by Crippen LogP contribution is 2.60. The second-order valence-electron chi connectivity index (χ2n) is 17.4. The van der Waals surface area contributed by atoms with Crippen LogP contribution in [0.3, 0.4) is 0 Å². The molecule has 20 nitrogen and oxygen atoms in total. The molecule has 8 rings (SSSR count). The molecule has 2 aliphatic rings. The molecule has 0 radical (unpaired) electrons. The summed E-state index contributed by atoms with van der Waals surface area (Å²) in [6.45, 7) is 6.37. The Morgan fingerprint density at radius 2 is 1.20 bits per heavy atom. The van der Waals surface area contributed by atoms with Gasteiger partial charge in [0, 0.05) is 49.1 Å². The van der Waals surface area contributed by atoms with E-state index < -0.39 is 54.1 Å². The minimum Gasteiger partial charge on any atom is -0.478 e. The fourth-order valence-electron chi connectivity index (χ4n) is 7.60. The minimum absolute atomic E-state index is 0. The number of rotatable bonds is 15. The first-order valence-corrected chi connectivity index (χ1v) is 26.4. The van der Waals surface area contributed by atoms with Gasteiger partial charge < -0.3 is 14.6 Å². The third-order valence-electron chi connectivity index (χ3n) is 12.6. The molecule has 0 aliphatic heterocycles. The van der Waals surface area contributed by atoms with E-state index in [-0.39, 0.29) is 114 Å². The Morgan fingerprint density at radius 3 is 1.52 bits per heavy atom. The average Bonchev–Trinajstić information content (AvgIpc) is 4.11. The number of hydrogen-bond donors (Lipinski definition) is 3. The summed E-state index contributed by atoms with van der Waals surface area (Å²) in [5.74, 6) is -1.46. The molecule has 31 heteroatoms. The van der Waals surface area contributed by atoms with Crippen LogP contribution in [-0.4, -0.2) is 98.7 Å². The molecule has 0 spiro atoms. The lowest BCUT2D eigenvalue weighted by atomic mass is 10.0. The number of amides is 1. The lowest BCUT2D eigenvalue weighted by Crippen LogP contribution is -2.40. The number of aromatic amines is 1. The fraction of sp³-hybridized carbons (Fsp3) is 0.455. The van der Waals surface area contributed by atoms with E-state index in [0.29, 0.717) is 22.8 Å². The van der Waals surface area contributed by atoms with Gasteiger partial charge >= 0.3 is 18.3 Å². The Morgan fingerprint density at radius 1 is 0.760 bits per heavy atom. The Labute approximate surface area is 441 Å². The Hall–Kier alpha value is -5.97. The molecule has 2 fully saturated rings. The van der Waals surface area contributed by atoms with Crippen molar-refractivity contribution in [2.24, 2.45) is 32.0 Å². The summed E-state index contributed by atoms with van der Waals surface area (Å²) >= 11 is 12.0. The Bertz CT molecular complexity index is 3310. The molecular formula is C44H52Cl3F6N11O9S2+2. The zero-order chi connectivity index (χ0) is 55.1. The molecule has 0 atom stereocenters.